The third-order valence-corrected chi connectivity index (χ3v) is 4.89. The summed E-state index contributed by atoms with van der Waals surface area (Å²) >= 11 is 13.2. The molecule has 0 fully saturated rings. The van der Waals surface area contributed by atoms with Gasteiger partial charge in [-0.15, -0.1) is 11.3 Å². The van der Waals surface area contributed by atoms with Gasteiger partial charge in [-0.3, -0.25) is 9.36 Å². The number of thiazole rings is 1. The minimum absolute atomic E-state index is 0.0826. The molecule has 0 saturated carbocycles. The molecule has 7 heteroatoms. The maximum absolute atomic E-state index is 12.4. The lowest BCUT2D eigenvalue weighted by molar-refractivity contribution is 0.722. The first-order valence-electron chi connectivity index (χ1n) is 6.23. The van der Waals surface area contributed by atoms with Gasteiger partial charge in [-0.2, -0.15) is 10.5 Å². The van der Waals surface area contributed by atoms with Crippen LogP contribution in [0.2, 0.25) is 10.0 Å². The first kappa shape index (κ1) is 16.3. The Balaban J connectivity index is 2.86. The van der Waals surface area contributed by atoms with Gasteiger partial charge in [0.05, 0.1) is 14.6 Å². The zero-order valence-corrected chi connectivity index (χ0v) is 13.8. The monoisotopic (exact) mass is 349 g/mol. The van der Waals surface area contributed by atoms with Crippen LogP contribution in [0.4, 0.5) is 0 Å². The fraction of sp³-hybridized carbons (Fsp3) is 0.133. The SMILES string of the molecule is CCn1c(=C(C#N)C#N)s/c(=C/c2cccc(Cl)c2Cl)c1=O. The lowest BCUT2D eigenvalue weighted by Crippen LogP contribution is -2.31. The normalized spacial score (nSPS) is 11.0. The molecule has 0 N–H and O–H groups in total. The second kappa shape index (κ2) is 6.81. The van der Waals surface area contributed by atoms with Gasteiger partial charge in [0.2, 0.25) is 0 Å². The number of hydrogen-bond acceptors (Lipinski definition) is 4. The Hall–Kier alpha value is -2.05. The van der Waals surface area contributed by atoms with Crippen LogP contribution in [0.15, 0.2) is 23.0 Å². The van der Waals surface area contributed by atoms with Crippen molar-refractivity contribution in [2.24, 2.45) is 0 Å². The summed E-state index contributed by atoms with van der Waals surface area (Å²) in [7, 11) is 0. The standard InChI is InChI=1S/C15H9Cl2N3OS/c1-2-20-14(21)12(22-15(20)10(7-18)8-19)6-9-4-3-5-11(16)13(9)17/h3-6H,2H2,1H3/b12-6+. The molecule has 0 aliphatic heterocycles. The van der Waals surface area contributed by atoms with Crippen LogP contribution in [0.5, 0.6) is 0 Å². The highest BCUT2D eigenvalue weighted by Gasteiger charge is 2.09. The van der Waals surface area contributed by atoms with E-state index in [2.05, 4.69) is 0 Å². The van der Waals surface area contributed by atoms with Crippen molar-refractivity contribution < 1.29 is 0 Å². The van der Waals surface area contributed by atoms with E-state index in [1.54, 1.807) is 31.2 Å². The van der Waals surface area contributed by atoms with Crippen molar-refractivity contribution >= 4 is 46.2 Å². The number of hydrogen-bond donors (Lipinski definition) is 0. The lowest BCUT2D eigenvalue weighted by atomic mass is 10.2. The lowest BCUT2D eigenvalue weighted by Gasteiger charge is -1.98. The first-order valence-corrected chi connectivity index (χ1v) is 7.80. The van der Waals surface area contributed by atoms with Gasteiger partial charge in [0.15, 0.2) is 5.57 Å². The van der Waals surface area contributed by atoms with E-state index in [1.807, 2.05) is 12.1 Å². The number of rotatable bonds is 2. The van der Waals surface area contributed by atoms with E-state index in [0.29, 0.717) is 31.3 Å². The molecule has 0 bridgehead atoms. The van der Waals surface area contributed by atoms with Gasteiger partial charge in [-0.1, -0.05) is 35.3 Å². The van der Waals surface area contributed by atoms with Crippen LogP contribution in [-0.4, -0.2) is 4.57 Å². The van der Waals surface area contributed by atoms with Gasteiger partial charge in [-0.05, 0) is 24.6 Å². The number of aromatic nitrogens is 1. The third-order valence-electron chi connectivity index (χ3n) is 2.93. The maximum atomic E-state index is 12.4. The molecule has 2 aromatic rings. The summed E-state index contributed by atoms with van der Waals surface area (Å²) < 4.78 is 2.14. The van der Waals surface area contributed by atoms with Gasteiger partial charge in [0, 0.05) is 6.54 Å². The quantitative estimate of drug-likeness (QED) is 0.834. The van der Waals surface area contributed by atoms with Gasteiger partial charge in [0.1, 0.15) is 16.8 Å². The van der Waals surface area contributed by atoms with Gasteiger partial charge in [-0.25, -0.2) is 0 Å². The molecule has 110 valence electrons. The van der Waals surface area contributed by atoms with E-state index in [4.69, 9.17) is 33.7 Å². The highest BCUT2D eigenvalue weighted by molar-refractivity contribution is 7.07. The molecule has 0 unspecified atom stereocenters. The molecule has 1 aromatic carbocycles. The van der Waals surface area contributed by atoms with Crippen LogP contribution in [0, 0.1) is 22.7 Å². The van der Waals surface area contributed by atoms with Crippen LogP contribution in [0.1, 0.15) is 12.5 Å². The molecule has 0 amide bonds. The second-order valence-corrected chi connectivity index (χ2v) is 6.02. The van der Waals surface area contributed by atoms with Crippen molar-refractivity contribution in [3.63, 3.8) is 0 Å². The average Bonchev–Trinajstić information content (AvgIpc) is 2.81. The van der Waals surface area contributed by atoms with Crippen LogP contribution in [0.3, 0.4) is 0 Å². The van der Waals surface area contributed by atoms with E-state index >= 15 is 0 Å². The van der Waals surface area contributed by atoms with E-state index in [0.717, 1.165) is 11.3 Å². The summed E-state index contributed by atoms with van der Waals surface area (Å²) in [5, 5.41) is 18.8. The third kappa shape index (κ3) is 2.93. The van der Waals surface area contributed by atoms with Crippen molar-refractivity contribution in [1.29, 1.82) is 10.5 Å². The molecule has 0 aliphatic carbocycles. The molecular weight excluding hydrogens is 341 g/mol. The molecule has 0 atom stereocenters. The van der Waals surface area contributed by atoms with Gasteiger partial charge < -0.3 is 0 Å². The average molecular weight is 350 g/mol. The Morgan fingerprint density at radius 2 is 2.05 bits per heavy atom. The fourth-order valence-corrected chi connectivity index (χ4v) is 3.36. The van der Waals surface area contributed by atoms with E-state index < -0.39 is 0 Å². The Morgan fingerprint density at radius 3 is 2.64 bits per heavy atom. The fourth-order valence-electron chi connectivity index (χ4n) is 1.89. The van der Waals surface area contributed by atoms with E-state index in [-0.39, 0.29) is 11.1 Å². The van der Waals surface area contributed by atoms with Crippen LogP contribution in [0.25, 0.3) is 11.6 Å². The topological polar surface area (TPSA) is 69.6 Å². The van der Waals surface area contributed by atoms with E-state index in [9.17, 15) is 4.79 Å². The maximum Gasteiger partial charge on any atom is 0.269 e. The predicted octanol–water partition coefficient (Wildman–Crippen LogP) is 2.26. The number of halogens is 2. The van der Waals surface area contributed by atoms with Crippen LogP contribution >= 0.6 is 34.5 Å². The summed E-state index contributed by atoms with van der Waals surface area (Å²) in [6.07, 6.45) is 1.61. The minimum atomic E-state index is -0.262. The number of benzene rings is 1. The molecule has 1 heterocycles. The Morgan fingerprint density at radius 1 is 1.36 bits per heavy atom. The van der Waals surface area contributed by atoms with Crippen molar-refractivity contribution in [2.45, 2.75) is 13.5 Å². The summed E-state index contributed by atoms with van der Waals surface area (Å²) in [6, 6.07) is 8.75. The molecule has 4 nitrogen and oxygen atoms in total. The van der Waals surface area contributed by atoms with Crippen LogP contribution in [-0.2, 0) is 6.54 Å². The summed E-state index contributed by atoms with van der Waals surface area (Å²) in [5.74, 6) is 0. The zero-order chi connectivity index (χ0) is 16.3. The number of nitrogens with zero attached hydrogens (tertiary/aromatic N) is 3. The molecule has 0 radical (unpaired) electrons. The van der Waals surface area contributed by atoms with Crippen molar-refractivity contribution in [1.82, 2.24) is 4.57 Å². The Kier molecular flexibility index (Phi) is 5.05. The van der Waals surface area contributed by atoms with Gasteiger partial charge in [0.25, 0.3) is 5.56 Å². The highest BCUT2D eigenvalue weighted by atomic mass is 35.5. The summed E-state index contributed by atoms with van der Waals surface area (Å²) in [6.45, 7) is 2.15. The molecular formula is C15H9Cl2N3OS. The molecule has 0 saturated heterocycles. The first-order chi connectivity index (χ1) is 10.5. The van der Waals surface area contributed by atoms with Crippen LogP contribution < -0.4 is 14.8 Å². The Bertz CT molecular complexity index is 974. The molecule has 22 heavy (non-hydrogen) atoms. The van der Waals surface area contributed by atoms with Crippen molar-refractivity contribution in [3.8, 4) is 12.1 Å². The van der Waals surface area contributed by atoms with Crippen molar-refractivity contribution in [3.05, 3.63) is 53.4 Å². The molecule has 0 aliphatic rings. The molecule has 0 spiro atoms. The summed E-state index contributed by atoms with van der Waals surface area (Å²) in [4.78, 5) is 12.4. The summed E-state index contributed by atoms with van der Waals surface area (Å²) in [5.41, 5.74) is 0.264. The smallest absolute Gasteiger partial charge is 0.269 e. The predicted molar refractivity (Wildman–Crippen MR) is 88.2 cm³/mol. The largest absolute Gasteiger partial charge is 0.298 e. The molecule has 2 rings (SSSR count). The highest BCUT2D eigenvalue weighted by Crippen LogP contribution is 2.25. The number of nitriles is 2. The van der Waals surface area contributed by atoms with Gasteiger partial charge >= 0.3 is 0 Å². The zero-order valence-electron chi connectivity index (χ0n) is 11.4. The molecule has 1 aromatic heterocycles. The Labute approximate surface area is 140 Å². The minimum Gasteiger partial charge on any atom is -0.298 e. The van der Waals surface area contributed by atoms with E-state index in [1.165, 1.54) is 4.57 Å². The second-order valence-electron chi connectivity index (χ2n) is 4.21. The van der Waals surface area contributed by atoms with Crippen molar-refractivity contribution in [2.75, 3.05) is 0 Å².